The maximum atomic E-state index is 6.07. The Morgan fingerprint density at radius 3 is 2.43 bits per heavy atom. The minimum Gasteiger partial charge on any atom is -0.457 e. The van der Waals surface area contributed by atoms with E-state index in [1.165, 1.54) is 0 Å². The highest BCUT2D eigenvalue weighted by molar-refractivity contribution is 7.98. The number of ether oxygens (including phenoxy) is 1. The minimum atomic E-state index is 0.748. The van der Waals surface area contributed by atoms with Gasteiger partial charge in [-0.3, -0.25) is 4.98 Å². The maximum absolute atomic E-state index is 6.07. The van der Waals surface area contributed by atoms with Crippen molar-refractivity contribution in [2.75, 3.05) is 0 Å². The lowest BCUT2D eigenvalue weighted by Crippen LogP contribution is -2.00. The average molecular weight is 388 g/mol. The Morgan fingerprint density at radius 2 is 1.64 bits per heavy atom. The second-order valence-corrected chi connectivity index (χ2v) is 7.04. The van der Waals surface area contributed by atoms with E-state index in [4.69, 9.17) is 4.74 Å². The molecule has 0 radical (unpaired) electrons. The van der Waals surface area contributed by atoms with E-state index in [9.17, 15) is 0 Å². The zero-order chi connectivity index (χ0) is 19.2. The summed E-state index contributed by atoms with van der Waals surface area (Å²) in [7, 11) is 0. The van der Waals surface area contributed by atoms with Gasteiger partial charge in [-0.05, 0) is 37.3 Å². The van der Waals surface area contributed by atoms with Crippen LogP contribution in [0.4, 0.5) is 0 Å². The lowest BCUT2D eigenvalue weighted by atomic mass is 10.2. The summed E-state index contributed by atoms with van der Waals surface area (Å²) >= 11 is 1.66. The van der Waals surface area contributed by atoms with Gasteiger partial charge in [-0.15, -0.1) is 10.2 Å². The van der Waals surface area contributed by atoms with Crippen molar-refractivity contribution in [2.45, 2.75) is 24.4 Å². The second kappa shape index (κ2) is 8.71. The quantitative estimate of drug-likeness (QED) is 0.394. The molecule has 0 aliphatic heterocycles. The van der Waals surface area contributed by atoms with Crippen LogP contribution in [0.1, 0.15) is 12.5 Å². The van der Waals surface area contributed by atoms with Crippen molar-refractivity contribution >= 4 is 11.8 Å². The Labute approximate surface area is 168 Å². The van der Waals surface area contributed by atoms with E-state index in [1.807, 2.05) is 60.7 Å². The Bertz CT molecular complexity index is 1030. The van der Waals surface area contributed by atoms with Crippen molar-refractivity contribution in [1.29, 1.82) is 0 Å². The van der Waals surface area contributed by atoms with Gasteiger partial charge in [0.1, 0.15) is 11.5 Å². The van der Waals surface area contributed by atoms with Crippen LogP contribution in [0.5, 0.6) is 11.5 Å². The number of benzene rings is 2. The molecule has 0 unspecified atom stereocenters. The molecule has 0 aliphatic rings. The molecule has 0 fully saturated rings. The zero-order valence-electron chi connectivity index (χ0n) is 15.5. The molecule has 140 valence electrons. The zero-order valence-corrected chi connectivity index (χ0v) is 16.3. The van der Waals surface area contributed by atoms with Crippen LogP contribution < -0.4 is 4.74 Å². The van der Waals surface area contributed by atoms with E-state index in [0.717, 1.165) is 45.9 Å². The molecule has 2 aromatic heterocycles. The third kappa shape index (κ3) is 4.07. The summed E-state index contributed by atoms with van der Waals surface area (Å²) in [4.78, 5) is 4.08. The second-order valence-electron chi connectivity index (χ2n) is 6.10. The summed E-state index contributed by atoms with van der Waals surface area (Å²) < 4.78 is 8.19. The first kappa shape index (κ1) is 18.3. The van der Waals surface area contributed by atoms with Crippen LogP contribution in [0.2, 0.25) is 0 Å². The fourth-order valence-corrected chi connectivity index (χ4v) is 3.87. The molecule has 0 amide bonds. The molecule has 0 atom stereocenters. The molecule has 0 saturated heterocycles. The van der Waals surface area contributed by atoms with Gasteiger partial charge in [0.05, 0.1) is 0 Å². The first-order valence-corrected chi connectivity index (χ1v) is 10.1. The van der Waals surface area contributed by atoms with Crippen LogP contribution in [0.25, 0.3) is 11.4 Å². The predicted molar refractivity (Wildman–Crippen MR) is 111 cm³/mol. The monoisotopic (exact) mass is 388 g/mol. The summed E-state index contributed by atoms with van der Waals surface area (Å²) in [5.74, 6) is 3.30. The topological polar surface area (TPSA) is 52.8 Å². The number of aromatic nitrogens is 4. The van der Waals surface area contributed by atoms with Crippen molar-refractivity contribution in [2.24, 2.45) is 0 Å². The van der Waals surface area contributed by atoms with E-state index >= 15 is 0 Å². The van der Waals surface area contributed by atoms with Crippen molar-refractivity contribution in [3.63, 3.8) is 0 Å². The first-order valence-electron chi connectivity index (χ1n) is 9.12. The van der Waals surface area contributed by atoms with Crippen molar-refractivity contribution < 1.29 is 4.74 Å². The molecule has 6 heteroatoms. The lowest BCUT2D eigenvalue weighted by Gasteiger charge is -2.11. The molecule has 0 saturated carbocycles. The number of para-hydroxylation sites is 2. The fourth-order valence-electron chi connectivity index (χ4n) is 2.88. The minimum absolute atomic E-state index is 0.748. The largest absolute Gasteiger partial charge is 0.457 e. The van der Waals surface area contributed by atoms with Gasteiger partial charge in [-0.2, -0.15) is 0 Å². The molecule has 0 aliphatic carbocycles. The van der Waals surface area contributed by atoms with Crippen molar-refractivity contribution in [3.8, 4) is 22.9 Å². The first-order chi connectivity index (χ1) is 13.8. The molecule has 4 rings (SSSR count). The van der Waals surface area contributed by atoms with Gasteiger partial charge in [0, 0.05) is 35.8 Å². The molecule has 2 aromatic carbocycles. The molecule has 28 heavy (non-hydrogen) atoms. The van der Waals surface area contributed by atoms with Crippen LogP contribution >= 0.6 is 11.8 Å². The molecular formula is C22H20N4OS. The van der Waals surface area contributed by atoms with Crippen LogP contribution in [0.3, 0.4) is 0 Å². The number of hydrogen-bond acceptors (Lipinski definition) is 5. The summed E-state index contributed by atoms with van der Waals surface area (Å²) in [5, 5.41) is 9.69. The van der Waals surface area contributed by atoms with E-state index in [1.54, 1.807) is 24.2 Å². The summed E-state index contributed by atoms with van der Waals surface area (Å²) in [5.41, 5.74) is 2.14. The maximum Gasteiger partial charge on any atom is 0.191 e. The van der Waals surface area contributed by atoms with Gasteiger partial charge >= 0.3 is 0 Å². The molecule has 0 spiro atoms. The third-order valence-corrected chi connectivity index (χ3v) is 5.29. The van der Waals surface area contributed by atoms with Crippen LogP contribution in [-0.2, 0) is 12.3 Å². The highest BCUT2D eigenvalue weighted by atomic mass is 32.2. The molecular weight excluding hydrogens is 368 g/mol. The van der Waals surface area contributed by atoms with Gasteiger partial charge in [-0.25, -0.2) is 0 Å². The van der Waals surface area contributed by atoms with Crippen LogP contribution in [0.15, 0.2) is 84.3 Å². The number of pyridine rings is 1. The predicted octanol–water partition coefficient (Wildman–Crippen LogP) is 5.44. The number of nitrogens with zero attached hydrogens (tertiary/aromatic N) is 4. The smallest absolute Gasteiger partial charge is 0.191 e. The van der Waals surface area contributed by atoms with Crippen molar-refractivity contribution in [3.05, 3.63) is 84.7 Å². The van der Waals surface area contributed by atoms with E-state index in [2.05, 4.69) is 32.7 Å². The van der Waals surface area contributed by atoms with E-state index in [-0.39, 0.29) is 0 Å². The van der Waals surface area contributed by atoms with Crippen LogP contribution in [-0.4, -0.2) is 19.7 Å². The Hall–Kier alpha value is -3.12. The lowest BCUT2D eigenvalue weighted by molar-refractivity contribution is 0.478. The summed E-state index contributed by atoms with van der Waals surface area (Å²) in [6.07, 6.45) is 3.54. The summed E-state index contributed by atoms with van der Waals surface area (Å²) in [6.45, 7) is 2.90. The van der Waals surface area contributed by atoms with Gasteiger partial charge in [0.2, 0.25) is 0 Å². The Kier molecular flexibility index (Phi) is 5.68. The number of thioether (sulfide) groups is 1. The van der Waals surface area contributed by atoms with Gasteiger partial charge in [-0.1, -0.05) is 48.2 Å². The van der Waals surface area contributed by atoms with Gasteiger partial charge < -0.3 is 9.30 Å². The highest BCUT2D eigenvalue weighted by Gasteiger charge is 2.14. The Morgan fingerprint density at radius 1 is 0.893 bits per heavy atom. The standard InChI is InChI=1S/C22H20N4OS/c1-2-26-21(17-12-14-23-15-13-17)24-25-22(26)28-16-18-8-6-7-11-20(18)27-19-9-4-3-5-10-19/h3-15H,2,16H2,1H3. The number of rotatable bonds is 7. The molecule has 0 N–H and O–H groups in total. The van der Waals surface area contributed by atoms with E-state index in [0.29, 0.717) is 0 Å². The summed E-state index contributed by atoms with van der Waals surface area (Å²) in [6, 6.07) is 21.8. The van der Waals surface area contributed by atoms with Crippen LogP contribution in [0, 0.1) is 0 Å². The highest BCUT2D eigenvalue weighted by Crippen LogP contribution is 2.31. The van der Waals surface area contributed by atoms with Gasteiger partial charge in [0.15, 0.2) is 11.0 Å². The third-order valence-electron chi connectivity index (χ3n) is 4.27. The Balaban J connectivity index is 1.53. The SMILES string of the molecule is CCn1c(SCc2ccccc2Oc2ccccc2)nnc1-c1ccncc1. The average Bonchev–Trinajstić information content (AvgIpc) is 3.17. The normalized spacial score (nSPS) is 10.8. The molecule has 5 nitrogen and oxygen atoms in total. The molecule has 2 heterocycles. The van der Waals surface area contributed by atoms with Gasteiger partial charge in [0.25, 0.3) is 0 Å². The number of hydrogen-bond donors (Lipinski definition) is 0. The van der Waals surface area contributed by atoms with E-state index < -0.39 is 0 Å². The fraction of sp³-hybridized carbons (Fsp3) is 0.136. The molecule has 0 bridgehead atoms. The molecule has 4 aromatic rings. The van der Waals surface area contributed by atoms with Crippen molar-refractivity contribution in [1.82, 2.24) is 19.7 Å².